The molecule has 0 unspecified atom stereocenters. The number of nitro groups is 1. The Kier molecular flexibility index (Phi) is 6.31. The van der Waals surface area contributed by atoms with Crippen LogP contribution in [0.25, 0.3) is 0 Å². The molecular formula is C17H17N3O7S. The van der Waals surface area contributed by atoms with Gasteiger partial charge in [0.1, 0.15) is 6.04 Å². The second-order valence-electron chi connectivity index (χ2n) is 5.75. The third kappa shape index (κ3) is 4.82. The van der Waals surface area contributed by atoms with Gasteiger partial charge in [0.25, 0.3) is 15.7 Å². The number of hydrogen-bond donors (Lipinski definition) is 2. The lowest BCUT2D eigenvalue weighted by Gasteiger charge is -2.26. The summed E-state index contributed by atoms with van der Waals surface area (Å²) < 4.78 is 26.5. The van der Waals surface area contributed by atoms with Gasteiger partial charge in [-0.3, -0.25) is 10.1 Å². The molecule has 2 aromatic rings. The molecule has 0 aromatic heterocycles. The van der Waals surface area contributed by atoms with E-state index in [1.165, 1.54) is 55.5 Å². The Balaban J connectivity index is 2.35. The third-order valence-corrected chi connectivity index (χ3v) is 5.23. The molecule has 0 heterocycles. The fraction of sp³-hybridized carbons (Fsp3) is 0.176. The number of sulfonamides is 1. The van der Waals surface area contributed by atoms with Gasteiger partial charge in [-0.2, -0.15) is 0 Å². The second-order valence-corrected chi connectivity index (χ2v) is 7.43. The molecule has 0 fully saturated rings. The maximum absolute atomic E-state index is 12.6. The van der Waals surface area contributed by atoms with Gasteiger partial charge in [-0.25, -0.2) is 22.7 Å². The number of hydrogen-bond acceptors (Lipinski definition) is 6. The molecule has 0 saturated carbocycles. The van der Waals surface area contributed by atoms with Crippen molar-refractivity contribution in [1.82, 2.24) is 9.62 Å². The Morgan fingerprint density at radius 2 is 1.71 bits per heavy atom. The number of urea groups is 1. The maximum atomic E-state index is 12.6. The van der Waals surface area contributed by atoms with Gasteiger partial charge < -0.3 is 10.0 Å². The summed E-state index contributed by atoms with van der Waals surface area (Å²) >= 11 is 0. The first kappa shape index (κ1) is 20.8. The molecule has 0 radical (unpaired) electrons. The van der Waals surface area contributed by atoms with Crippen LogP contribution >= 0.6 is 0 Å². The Labute approximate surface area is 160 Å². The fourth-order valence-electron chi connectivity index (χ4n) is 2.36. The first-order chi connectivity index (χ1) is 13.1. The minimum Gasteiger partial charge on any atom is -0.480 e. The summed E-state index contributed by atoms with van der Waals surface area (Å²) in [6.07, 6.45) is 0. The molecule has 0 spiro atoms. The Bertz CT molecular complexity index is 993. The molecule has 2 rings (SSSR count). The van der Waals surface area contributed by atoms with Crippen LogP contribution in [-0.4, -0.2) is 41.4 Å². The number of amides is 2. The van der Waals surface area contributed by atoms with Crippen molar-refractivity contribution in [1.29, 1.82) is 0 Å². The van der Waals surface area contributed by atoms with E-state index in [0.29, 0.717) is 4.90 Å². The number of benzene rings is 2. The maximum Gasteiger partial charge on any atom is 0.332 e. The van der Waals surface area contributed by atoms with Crippen LogP contribution in [0.3, 0.4) is 0 Å². The first-order valence-corrected chi connectivity index (χ1v) is 9.45. The molecular weight excluding hydrogens is 390 g/mol. The van der Waals surface area contributed by atoms with Crippen molar-refractivity contribution in [2.24, 2.45) is 0 Å². The van der Waals surface area contributed by atoms with E-state index < -0.39 is 39.5 Å². The number of para-hydroxylation sites is 1. The molecule has 148 valence electrons. The lowest BCUT2D eigenvalue weighted by atomic mass is 10.1. The number of carboxylic acid groups (broad SMARTS) is 1. The number of carbonyl (C=O) groups is 2. The van der Waals surface area contributed by atoms with Crippen molar-refractivity contribution < 1.29 is 28.0 Å². The lowest BCUT2D eigenvalue weighted by Crippen LogP contribution is -2.49. The van der Waals surface area contributed by atoms with Crippen molar-refractivity contribution >= 4 is 27.7 Å². The monoisotopic (exact) mass is 407 g/mol. The van der Waals surface area contributed by atoms with E-state index in [1.54, 1.807) is 10.8 Å². The molecule has 2 amide bonds. The van der Waals surface area contributed by atoms with Crippen molar-refractivity contribution in [3.8, 4) is 0 Å². The van der Waals surface area contributed by atoms with Crippen LogP contribution in [0.15, 0.2) is 59.5 Å². The van der Waals surface area contributed by atoms with Gasteiger partial charge in [-0.15, -0.1) is 0 Å². The summed E-state index contributed by atoms with van der Waals surface area (Å²) in [4.78, 5) is 35.0. The molecule has 0 bridgehead atoms. The smallest absolute Gasteiger partial charge is 0.332 e. The number of carboxylic acids is 1. The molecule has 0 aliphatic carbocycles. The highest BCUT2D eigenvalue weighted by Crippen LogP contribution is 2.21. The quantitative estimate of drug-likeness (QED) is 0.527. The molecule has 28 heavy (non-hydrogen) atoms. The van der Waals surface area contributed by atoms with Crippen LogP contribution in [0, 0.1) is 10.1 Å². The predicted molar refractivity (Wildman–Crippen MR) is 97.9 cm³/mol. The van der Waals surface area contributed by atoms with Crippen LogP contribution in [0.1, 0.15) is 12.5 Å². The fourth-order valence-corrected chi connectivity index (χ4v) is 3.34. The van der Waals surface area contributed by atoms with E-state index in [0.717, 1.165) is 0 Å². The van der Waals surface area contributed by atoms with Crippen LogP contribution in [-0.2, 0) is 21.4 Å². The lowest BCUT2D eigenvalue weighted by molar-refractivity contribution is -0.385. The van der Waals surface area contributed by atoms with Crippen LogP contribution in [0.5, 0.6) is 0 Å². The number of aliphatic carboxylic acids is 1. The molecule has 1 atom stereocenters. The van der Waals surface area contributed by atoms with Gasteiger partial charge in [0.05, 0.1) is 16.4 Å². The summed E-state index contributed by atoms with van der Waals surface area (Å²) in [5, 5.41) is 20.4. The zero-order valence-electron chi connectivity index (χ0n) is 14.7. The molecule has 2 N–H and O–H groups in total. The van der Waals surface area contributed by atoms with Gasteiger partial charge in [-0.05, 0) is 19.1 Å². The standard InChI is InChI=1S/C17H17N3O7S/c1-12(16(21)22)19(11-13-7-5-6-10-15(13)20(24)25)17(23)18-28(26,27)14-8-3-2-4-9-14/h2-10,12H,11H2,1H3,(H,18,23)(H,21,22)/t12-/m0/s1. The second kappa shape index (κ2) is 8.48. The van der Waals surface area contributed by atoms with Crippen LogP contribution in [0.4, 0.5) is 10.5 Å². The van der Waals surface area contributed by atoms with Gasteiger partial charge in [0, 0.05) is 11.6 Å². The number of nitro benzene ring substituents is 1. The van der Waals surface area contributed by atoms with E-state index in [2.05, 4.69) is 0 Å². The van der Waals surface area contributed by atoms with Crippen molar-refractivity contribution in [2.75, 3.05) is 0 Å². The Morgan fingerprint density at radius 1 is 1.14 bits per heavy atom. The predicted octanol–water partition coefficient (Wildman–Crippen LogP) is 1.97. The van der Waals surface area contributed by atoms with Gasteiger partial charge in [0.2, 0.25) is 0 Å². The van der Waals surface area contributed by atoms with Gasteiger partial charge >= 0.3 is 12.0 Å². The molecule has 2 aromatic carbocycles. The molecule has 0 saturated heterocycles. The number of nitrogens with one attached hydrogen (secondary N) is 1. The van der Waals surface area contributed by atoms with Crippen LogP contribution in [0.2, 0.25) is 0 Å². The molecule has 10 nitrogen and oxygen atoms in total. The van der Waals surface area contributed by atoms with E-state index in [9.17, 15) is 33.2 Å². The highest BCUT2D eigenvalue weighted by molar-refractivity contribution is 7.90. The Morgan fingerprint density at radius 3 is 2.29 bits per heavy atom. The van der Waals surface area contributed by atoms with Gasteiger partial charge in [0.15, 0.2) is 0 Å². The van der Waals surface area contributed by atoms with E-state index in [4.69, 9.17) is 0 Å². The number of nitrogens with zero attached hydrogens (tertiary/aromatic N) is 2. The van der Waals surface area contributed by atoms with E-state index in [1.807, 2.05) is 0 Å². The molecule has 0 aliphatic rings. The van der Waals surface area contributed by atoms with Crippen molar-refractivity contribution in [3.63, 3.8) is 0 Å². The minimum atomic E-state index is -4.25. The minimum absolute atomic E-state index is 0.0628. The summed E-state index contributed by atoms with van der Waals surface area (Å²) in [7, 11) is -4.25. The van der Waals surface area contributed by atoms with Crippen LogP contribution < -0.4 is 4.72 Å². The highest BCUT2D eigenvalue weighted by atomic mass is 32.2. The number of rotatable bonds is 7. The molecule has 0 aliphatic heterocycles. The van der Waals surface area contributed by atoms with Crippen molar-refractivity contribution in [2.45, 2.75) is 24.4 Å². The average Bonchev–Trinajstić information content (AvgIpc) is 2.66. The average molecular weight is 407 g/mol. The number of carbonyl (C=O) groups excluding carboxylic acids is 1. The normalized spacial score (nSPS) is 12.0. The van der Waals surface area contributed by atoms with E-state index >= 15 is 0 Å². The topological polar surface area (TPSA) is 147 Å². The molecule has 11 heteroatoms. The zero-order valence-corrected chi connectivity index (χ0v) is 15.5. The Hall–Kier alpha value is -3.47. The highest BCUT2D eigenvalue weighted by Gasteiger charge is 2.30. The van der Waals surface area contributed by atoms with Crippen molar-refractivity contribution in [3.05, 3.63) is 70.3 Å². The van der Waals surface area contributed by atoms with E-state index in [-0.39, 0.29) is 16.1 Å². The van der Waals surface area contributed by atoms with Gasteiger partial charge in [-0.1, -0.05) is 36.4 Å². The summed E-state index contributed by atoms with van der Waals surface area (Å²) in [5.41, 5.74) is -0.253. The summed E-state index contributed by atoms with van der Waals surface area (Å²) in [6.45, 7) is 0.701. The summed E-state index contributed by atoms with van der Waals surface area (Å²) in [5.74, 6) is -1.40. The third-order valence-electron chi connectivity index (χ3n) is 3.89. The summed E-state index contributed by atoms with van der Waals surface area (Å²) in [6, 6.07) is 9.88. The zero-order chi connectivity index (χ0) is 20.9. The first-order valence-electron chi connectivity index (χ1n) is 7.97. The largest absolute Gasteiger partial charge is 0.480 e. The SMILES string of the molecule is C[C@@H](C(=O)O)N(Cc1ccccc1[N+](=O)[O-])C(=O)NS(=O)(=O)c1ccccc1.